The molecule has 0 fully saturated rings. The van der Waals surface area contributed by atoms with E-state index in [4.69, 9.17) is 4.74 Å². The normalized spacial score (nSPS) is 13.5. The monoisotopic (exact) mass is 388 g/mol. The number of carbonyl (C=O) groups is 1. The molecule has 6 nitrogen and oxygen atoms in total. The van der Waals surface area contributed by atoms with Crippen molar-refractivity contribution >= 4 is 21.6 Å². The molecular weight excluding hydrogens is 364 g/mol. The van der Waals surface area contributed by atoms with E-state index < -0.39 is 10.0 Å². The number of hydrogen-bond acceptors (Lipinski definition) is 4. The highest BCUT2D eigenvalue weighted by molar-refractivity contribution is 7.89. The second-order valence-electron chi connectivity index (χ2n) is 6.56. The molecule has 0 saturated heterocycles. The van der Waals surface area contributed by atoms with Gasteiger partial charge in [-0.25, -0.2) is 13.1 Å². The van der Waals surface area contributed by atoms with E-state index in [9.17, 15) is 13.2 Å². The topological polar surface area (TPSA) is 75.7 Å². The molecule has 0 atom stereocenters. The Balaban J connectivity index is 1.74. The van der Waals surface area contributed by atoms with Crippen LogP contribution in [0.25, 0.3) is 0 Å². The average molecular weight is 388 g/mol. The van der Waals surface area contributed by atoms with Gasteiger partial charge in [-0.3, -0.25) is 4.79 Å². The fraction of sp³-hybridized carbons (Fsp3) is 0.350. The molecule has 2 aromatic rings. The molecule has 3 rings (SSSR count). The number of nitrogens with one attached hydrogen (secondary N) is 1. The third-order valence-corrected chi connectivity index (χ3v) is 6.21. The predicted molar refractivity (Wildman–Crippen MR) is 105 cm³/mol. The molecule has 0 saturated carbocycles. The number of amides is 1. The molecule has 0 spiro atoms. The largest absolute Gasteiger partial charge is 0.494 e. The fourth-order valence-corrected chi connectivity index (χ4v) is 4.57. The van der Waals surface area contributed by atoms with Crippen LogP contribution in [0.2, 0.25) is 0 Å². The average Bonchev–Trinajstić information content (AvgIpc) is 3.07. The number of nitrogens with zero attached hydrogens (tertiary/aromatic N) is 1. The third-order valence-electron chi connectivity index (χ3n) is 4.66. The lowest BCUT2D eigenvalue weighted by Crippen LogP contribution is -2.39. The first-order valence-corrected chi connectivity index (χ1v) is 10.4. The lowest BCUT2D eigenvalue weighted by Gasteiger charge is -2.18. The van der Waals surface area contributed by atoms with Gasteiger partial charge in [0.25, 0.3) is 0 Å². The number of sulfonamides is 1. The maximum absolute atomic E-state index is 12.7. The van der Waals surface area contributed by atoms with E-state index in [1.54, 1.807) is 30.9 Å². The van der Waals surface area contributed by atoms with Gasteiger partial charge in [0.05, 0.1) is 18.0 Å². The van der Waals surface area contributed by atoms with Crippen LogP contribution in [0.5, 0.6) is 5.75 Å². The van der Waals surface area contributed by atoms with Crippen molar-refractivity contribution in [3.63, 3.8) is 0 Å². The minimum Gasteiger partial charge on any atom is -0.494 e. The van der Waals surface area contributed by atoms with Gasteiger partial charge in [0.1, 0.15) is 5.75 Å². The molecule has 0 bridgehead atoms. The summed E-state index contributed by atoms with van der Waals surface area (Å²) in [4.78, 5) is 14.4. The van der Waals surface area contributed by atoms with Crippen molar-refractivity contribution in [3.8, 4) is 5.75 Å². The maximum Gasteiger partial charge on any atom is 0.242 e. The predicted octanol–water partition coefficient (Wildman–Crippen LogP) is 2.57. The van der Waals surface area contributed by atoms with Crippen molar-refractivity contribution in [1.29, 1.82) is 0 Å². The fourth-order valence-electron chi connectivity index (χ4n) is 3.29. The molecule has 0 unspecified atom stereocenters. The number of ether oxygens (including phenoxy) is 1. The number of hydrogen-bond donors (Lipinski definition) is 1. The van der Waals surface area contributed by atoms with Crippen LogP contribution >= 0.6 is 0 Å². The van der Waals surface area contributed by atoms with Gasteiger partial charge in [-0.15, -0.1) is 0 Å². The Morgan fingerprint density at radius 1 is 1.19 bits per heavy atom. The van der Waals surface area contributed by atoms with E-state index in [1.807, 2.05) is 31.2 Å². The molecule has 27 heavy (non-hydrogen) atoms. The van der Waals surface area contributed by atoms with Crippen molar-refractivity contribution < 1.29 is 17.9 Å². The van der Waals surface area contributed by atoms with Gasteiger partial charge < -0.3 is 9.64 Å². The van der Waals surface area contributed by atoms with Crippen molar-refractivity contribution in [2.45, 2.75) is 32.1 Å². The first-order chi connectivity index (χ1) is 12.8. The van der Waals surface area contributed by atoms with Crippen molar-refractivity contribution in [2.75, 3.05) is 24.6 Å². The van der Waals surface area contributed by atoms with Crippen LogP contribution in [0.4, 0.5) is 5.69 Å². The molecule has 1 aliphatic rings. The van der Waals surface area contributed by atoms with E-state index in [2.05, 4.69) is 4.72 Å². The Labute approximate surface area is 160 Å². The van der Waals surface area contributed by atoms with E-state index >= 15 is 0 Å². The molecule has 1 N–H and O–H groups in total. The summed E-state index contributed by atoms with van der Waals surface area (Å²) in [6.07, 6.45) is 0.784. The number of carbonyl (C=O) groups excluding carboxylic acids is 1. The number of rotatable bonds is 6. The molecule has 0 aliphatic carbocycles. The van der Waals surface area contributed by atoms with Gasteiger partial charge in [-0.05, 0) is 62.1 Å². The number of aryl methyl sites for hydroxylation is 2. The van der Waals surface area contributed by atoms with E-state index in [1.165, 1.54) is 0 Å². The van der Waals surface area contributed by atoms with E-state index in [0.717, 1.165) is 23.2 Å². The van der Waals surface area contributed by atoms with Crippen LogP contribution in [-0.2, 0) is 21.2 Å². The van der Waals surface area contributed by atoms with Gasteiger partial charge >= 0.3 is 0 Å². The minimum absolute atomic E-state index is 0.165. The molecule has 1 amide bonds. The zero-order valence-electron chi connectivity index (χ0n) is 15.8. The summed E-state index contributed by atoms with van der Waals surface area (Å²) in [5, 5.41) is 0. The van der Waals surface area contributed by atoms with Crippen LogP contribution in [0, 0.1) is 13.8 Å². The van der Waals surface area contributed by atoms with Crippen LogP contribution in [0.3, 0.4) is 0 Å². The number of benzene rings is 2. The standard InChI is InChI=1S/C20H24N2O4S/c1-4-26-18-11-15(3)19(12-14(18)2)27(24,25)21-13-20(23)22-10-9-16-7-5-6-8-17(16)22/h5-8,11-12,21H,4,9-10,13H2,1-3H3. The Hall–Kier alpha value is -2.38. The second-order valence-corrected chi connectivity index (χ2v) is 8.30. The zero-order valence-corrected chi connectivity index (χ0v) is 16.6. The number of anilines is 1. The highest BCUT2D eigenvalue weighted by Gasteiger charge is 2.26. The molecule has 2 aromatic carbocycles. The Morgan fingerprint density at radius 3 is 2.67 bits per heavy atom. The van der Waals surface area contributed by atoms with Gasteiger partial charge in [0.2, 0.25) is 15.9 Å². The Bertz CT molecular complexity index is 970. The van der Waals surface area contributed by atoms with Gasteiger partial charge in [-0.1, -0.05) is 18.2 Å². The van der Waals surface area contributed by atoms with Gasteiger partial charge in [0, 0.05) is 12.2 Å². The lowest BCUT2D eigenvalue weighted by molar-refractivity contribution is -0.117. The maximum atomic E-state index is 12.7. The summed E-state index contributed by atoms with van der Waals surface area (Å²) in [6.45, 7) is 6.20. The molecule has 0 radical (unpaired) electrons. The zero-order chi connectivity index (χ0) is 19.6. The van der Waals surface area contributed by atoms with Crippen LogP contribution < -0.4 is 14.4 Å². The highest BCUT2D eigenvalue weighted by atomic mass is 32.2. The first-order valence-electron chi connectivity index (χ1n) is 8.95. The lowest BCUT2D eigenvalue weighted by atomic mass is 10.1. The SMILES string of the molecule is CCOc1cc(C)c(S(=O)(=O)NCC(=O)N2CCc3ccccc32)cc1C. The summed E-state index contributed by atoms with van der Waals surface area (Å²) in [7, 11) is -3.80. The summed E-state index contributed by atoms with van der Waals surface area (Å²) in [5.41, 5.74) is 3.28. The highest BCUT2D eigenvalue weighted by Crippen LogP contribution is 2.28. The van der Waals surface area contributed by atoms with Crippen molar-refractivity contribution in [2.24, 2.45) is 0 Å². The van der Waals surface area contributed by atoms with Crippen LogP contribution in [-0.4, -0.2) is 34.0 Å². The summed E-state index contributed by atoms with van der Waals surface area (Å²) in [5.74, 6) is 0.405. The molecule has 1 heterocycles. The van der Waals surface area contributed by atoms with Crippen molar-refractivity contribution in [3.05, 3.63) is 53.1 Å². The Morgan fingerprint density at radius 2 is 1.93 bits per heavy atom. The number of para-hydroxylation sites is 1. The quantitative estimate of drug-likeness (QED) is 0.825. The summed E-state index contributed by atoms with van der Waals surface area (Å²) < 4.78 is 33.4. The van der Waals surface area contributed by atoms with E-state index in [-0.39, 0.29) is 17.3 Å². The Kier molecular flexibility index (Phi) is 5.53. The first kappa shape index (κ1) is 19.4. The van der Waals surface area contributed by atoms with Gasteiger partial charge in [-0.2, -0.15) is 0 Å². The van der Waals surface area contributed by atoms with Gasteiger partial charge in [0.15, 0.2) is 0 Å². The molecule has 7 heteroatoms. The molecular formula is C20H24N2O4S. The molecule has 1 aliphatic heterocycles. The molecule has 0 aromatic heterocycles. The third kappa shape index (κ3) is 3.99. The second kappa shape index (κ2) is 7.70. The summed E-state index contributed by atoms with van der Waals surface area (Å²) >= 11 is 0. The summed E-state index contributed by atoms with van der Waals surface area (Å²) in [6, 6.07) is 11.0. The number of fused-ring (bicyclic) bond motifs is 1. The van der Waals surface area contributed by atoms with Crippen LogP contribution in [0.1, 0.15) is 23.6 Å². The smallest absolute Gasteiger partial charge is 0.242 e. The van der Waals surface area contributed by atoms with E-state index in [0.29, 0.717) is 24.5 Å². The minimum atomic E-state index is -3.80. The van der Waals surface area contributed by atoms with Crippen molar-refractivity contribution in [1.82, 2.24) is 4.72 Å². The molecule has 144 valence electrons. The van der Waals surface area contributed by atoms with Crippen LogP contribution in [0.15, 0.2) is 41.3 Å².